The summed E-state index contributed by atoms with van der Waals surface area (Å²) in [5.74, 6) is -1.96. The van der Waals surface area contributed by atoms with Crippen LogP contribution in [0.15, 0.2) is 48.5 Å². The predicted octanol–water partition coefficient (Wildman–Crippen LogP) is 1.57. The second-order valence-electron chi connectivity index (χ2n) is 9.87. The Bertz CT molecular complexity index is 1120. The number of carbonyl (C=O) groups is 3. The van der Waals surface area contributed by atoms with Crippen molar-refractivity contribution in [2.45, 2.75) is 24.8 Å². The van der Waals surface area contributed by atoms with Gasteiger partial charge in [0.25, 0.3) is 0 Å². The molecule has 9 heteroatoms. The first-order valence-electron chi connectivity index (χ1n) is 11.7. The van der Waals surface area contributed by atoms with Gasteiger partial charge >= 0.3 is 12.1 Å². The van der Waals surface area contributed by atoms with E-state index in [1.807, 2.05) is 48.5 Å². The molecule has 3 atom stereocenters. The first-order chi connectivity index (χ1) is 16.8. The second-order valence-corrected chi connectivity index (χ2v) is 9.87. The number of aliphatic hydroxyl groups is 2. The lowest BCUT2D eigenvalue weighted by Gasteiger charge is -2.26. The number of carbonyl (C=O) groups excluding carboxylic acids is 2. The van der Waals surface area contributed by atoms with Crippen LogP contribution in [0.4, 0.5) is 4.79 Å². The van der Waals surface area contributed by atoms with E-state index in [2.05, 4.69) is 5.32 Å². The maximum atomic E-state index is 13.1. The van der Waals surface area contributed by atoms with Gasteiger partial charge in [-0.1, -0.05) is 48.5 Å². The third kappa shape index (κ3) is 3.84. The van der Waals surface area contributed by atoms with Crippen molar-refractivity contribution in [3.05, 3.63) is 59.7 Å². The third-order valence-corrected chi connectivity index (χ3v) is 7.89. The molecule has 9 nitrogen and oxygen atoms in total. The van der Waals surface area contributed by atoms with E-state index in [1.165, 1.54) is 4.90 Å². The summed E-state index contributed by atoms with van der Waals surface area (Å²) in [6.45, 7) is 0.136. The highest BCUT2D eigenvalue weighted by molar-refractivity contribution is 5.90. The number of alkyl carbamates (subject to hydrolysis) is 1. The quantitative estimate of drug-likeness (QED) is 0.450. The molecular formula is C26H28N2O7. The number of likely N-dealkylation sites (tertiary alicyclic amines) is 1. The van der Waals surface area contributed by atoms with Crippen LogP contribution >= 0.6 is 0 Å². The molecule has 0 spiro atoms. The number of carboxylic acid groups (broad SMARTS) is 1. The van der Waals surface area contributed by atoms with Crippen LogP contribution < -0.4 is 5.32 Å². The lowest BCUT2D eigenvalue weighted by molar-refractivity contribution is -0.142. The van der Waals surface area contributed by atoms with Crippen molar-refractivity contribution in [3.8, 4) is 11.1 Å². The first-order valence-corrected chi connectivity index (χ1v) is 11.7. The molecule has 3 aliphatic rings. The van der Waals surface area contributed by atoms with Crippen LogP contribution in [-0.4, -0.2) is 77.1 Å². The molecule has 2 aliphatic carbocycles. The zero-order valence-corrected chi connectivity index (χ0v) is 19.1. The second kappa shape index (κ2) is 8.66. The molecule has 1 aliphatic heterocycles. The number of nitrogens with one attached hydrogen (secondary N) is 1. The number of fused-ring (bicyclic) bond motifs is 4. The van der Waals surface area contributed by atoms with E-state index >= 15 is 0 Å². The summed E-state index contributed by atoms with van der Waals surface area (Å²) in [4.78, 5) is 38.6. The number of hydrogen-bond donors (Lipinski definition) is 4. The zero-order valence-electron chi connectivity index (χ0n) is 19.1. The maximum Gasteiger partial charge on any atom is 0.407 e. The van der Waals surface area contributed by atoms with E-state index < -0.39 is 41.3 Å². The minimum Gasteiger partial charge on any atom is -0.481 e. The van der Waals surface area contributed by atoms with E-state index in [1.54, 1.807) is 0 Å². The molecule has 2 amide bonds. The summed E-state index contributed by atoms with van der Waals surface area (Å²) < 4.78 is 5.48. The van der Waals surface area contributed by atoms with Gasteiger partial charge in [0.05, 0.1) is 19.6 Å². The molecule has 2 aromatic carbocycles. The van der Waals surface area contributed by atoms with Gasteiger partial charge in [-0.25, -0.2) is 4.79 Å². The molecule has 184 valence electrons. The fraction of sp³-hybridized carbons (Fsp3) is 0.423. The topological polar surface area (TPSA) is 136 Å². The van der Waals surface area contributed by atoms with E-state index in [0.717, 1.165) is 22.3 Å². The van der Waals surface area contributed by atoms with Crippen LogP contribution in [0.5, 0.6) is 0 Å². The first kappa shape index (κ1) is 23.3. The smallest absolute Gasteiger partial charge is 0.407 e. The van der Waals surface area contributed by atoms with Crippen LogP contribution in [0.1, 0.15) is 29.9 Å². The normalized spacial score (nSPS) is 24.8. The molecule has 0 radical (unpaired) electrons. The molecule has 35 heavy (non-hydrogen) atoms. The van der Waals surface area contributed by atoms with E-state index in [-0.39, 0.29) is 38.8 Å². The molecular weight excluding hydrogens is 452 g/mol. The van der Waals surface area contributed by atoms with Gasteiger partial charge in [-0.2, -0.15) is 0 Å². The van der Waals surface area contributed by atoms with Gasteiger partial charge in [-0.05, 0) is 28.7 Å². The number of nitrogens with zero attached hydrogens (tertiary/aromatic N) is 1. The Kier molecular flexibility index (Phi) is 5.77. The van der Waals surface area contributed by atoms with Gasteiger partial charge in [-0.15, -0.1) is 0 Å². The molecule has 2 fully saturated rings. The number of aliphatic carboxylic acids is 1. The Hall–Kier alpha value is -3.43. The van der Waals surface area contributed by atoms with Crippen LogP contribution in [0, 0.1) is 10.8 Å². The van der Waals surface area contributed by atoms with Crippen LogP contribution in [0.25, 0.3) is 11.1 Å². The number of amides is 2. The van der Waals surface area contributed by atoms with Crippen molar-refractivity contribution in [1.82, 2.24) is 10.2 Å². The summed E-state index contributed by atoms with van der Waals surface area (Å²) in [6, 6.07) is 14.5. The summed E-state index contributed by atoms with van der Waals surface area (Å²) >= 11 is 0. The molecule has 1 heterocycles. The third-order valence-electron chi connectivity index (χ3n) is 7.89. The lowest BCUT2D eigenvalue weighted by Crippen LogP contribution is -2.50. The average Bonchev–Trinajstić information content (AvgIpc) is 3.20. The average molecular weight is 481 g/mol. The van der Waals surface area contributed by atoms with Crippen molar-refractivity contribution in [3.63, 3.8) is 0 Å². The number of piperidine rings is 1. The number of ether oxygens (including phenoxy) is 1. The molecule has 2 aromatic rings. The van der Waals surface area contributed by atoms with E-state index in [4.69, 9.17) is 4.74 Å². The van der Waals surface area contributed by atoms with Crippen molar-refractivity contribution < 1.29 is 34.4 Å². The molecule has 0 bridgehead atoms. The van der Waals surface area contributed by atoms with Crippen LogP contribution in [-0.2, 0) is 14.3 Å². The zero-order chi connectivity index (χ0) is 24.8. The molecule has 0 aromatic heterocycles. The van der Waals surface area contributed by atoms with Gasteiger partial charge in [0.1, 0.15) is 12.6 Å². The number of rotatable bonds is 8. The van der Waals surface area contributed by atoms with Crippen LogP contribution in [0.3, 0.4) is 0 Å². The van der Waals surface area contributed by atoms with Gasteiger partial charge in [-0.3, -0.25) is 9.59 Å². The lowest BCUT2D eigenvalue weighted by atomic mass is 9.98. The SMILES string of the molecule is O=C(O)CC(NC(=O)OCC1c2ccccc2-c2ccccc21)C(=O)N1C[C@@]2(CO)C[C@@]2(CO)C1. The van der Waals surface area contributed by atoms with Crippen molar-refractivity contribution in [2.24, 2.45) is 10.8 Å². The minimum atomic E-state index is -1.31. The number of hydrogen-bond acceptors (Lipinski definition) is 6. The summed E-state index contributed by atoms with van der Waals surface area (Å²) in [5, 5.41) is 31.3. The molecule has 5 rings (SSSR count). The number of benzene rings is 2. The van der Waals surface area contributed by atoms with Gasteiger partial charge in [0.2, 0.25) is 5.91 Å². The fourth-order valence-corrected chi connectivity index (χ4v) is 5.92. The molecule has 1 saturated carbocycles. The molecule has 1 unspecified atom stereocenters. The summed E-state index contributed by atoms with van der Waals surface area (Å²) in [6.07, 6.45) is -0.859. The summed E-state index contributed by atoms with van der Waals surface area (Å²) in [7, 11) is 0. The van der Waals surface area contributed by atoms with Crippen LogP contribution in [0.2, 0.25) is 0 Å². The largest absolute Gasteiger partial charge is 0.481 e. The van der Waals surface area contributed by atoms with Gasteiger partial charge in [0, 0.05) is 29.8 Å². The number of carboxylic acids is 1. The maximum absolute atomic E-state index is 13.1. The number of aliphatic hydroxyl groups excluding tert-OH is 2. The highest BCUT2D eigenvalue weighted by Crippen LogP contribution is 2.67. The van der Waals surface area contributed by atoms with Crippen molar-refractivity contribution >= 4 is 18.0 Å². The fourth-order valence-electron chi connectivity index (χ4n) is 5.92. The highest BCUT2D eigenvalue weighted by Gasteiger charge is 2.72. The van der Waals surface area contributed by atoms with Gasteiger partial charge in [0.15, 0.2) is 0 Å². The van der Waals surface area contributed by atoms with Gasteiger partial charge < -0.3 is 30.3 Å². The Balaban J connectivity index is 1.26. The molecule has 4 N–H and O–H groups in total. The van der Waals surface area contributed by atoms with Crippen molar-refractivity contribution in [1.29, 1.82) is 0 Å². The predicted molar refractivity (Wildman–Crippen MR) is 124 cm³/mol. The Morgan fingerprint density at radius 3 is 2.03 bits per heavy atom. The Morgan fingerprint density at radius 1 is 0.971 bits per heavy atom. The monoisotopic (exact) mass is 480 g/mol. The molecule has 1 saturated heterocycles. The standard InChI is InChI=1S/C26H28N2O7/c29-14-25-11-26(25,15-30)13-28(12-25)23(33)21(9-22(31)32)27-24(34)35-10-20-18-7-3-1-5-16(18)17-6-2-4-8-19(17)20/h1-8,20-21,29-30H,9-15H2,(H,27,34)(H,31,32)/t21?,25-,26+. The minimum absolute atomic E-state index is 0.0405. The summed E-state index contributed by atoms with van der Waals surface area (Å²) in [5.41, 5.74) is 3.13. The Morgan fingerprint density at radius 2 is 1.51 bits per heavy atom. The highest BCUT2D eigenvalue weighted by atomic mass is 16.5. The van der Waals surface area contributed by atoms with E-state index in [9.17, 15) is 29.7 Å². The van der Waals surface area contributed by atoms with E-state index in [0.29, 0.717) is 6.42 Å². The van der Waals surface area contributed by atoms with Crippen molar-refractivity contribution in [2.75, 3.05) is 32.9 Å². The Labute approximate surface area is 202 Å².